The number of anilines is 1. The van der Waals surface area contributed by atoms with E-state index < -0.39 is 31.9 Å². The van der Waals surface area contributed by atoms with E-state index in [4.69, 9.17) is 11.6 Å². The number of halogens is 1. The summed E-state index contributed by atoms with van der Waals surface area (Å²) < 4.78 is 58.2. The summed E-state index contributed by atoms with van der Waals surface area (Å²) in [5, 5.41) is 10.6. The molecule has 1 aromatic heterocycles. The Labute approximate surface area is 287 Å². The second-order valence-electron chi connectivity index (χ2n) is 13.4. The fraction of sp³-hybridized carbons (Fsp3) is 0.559. The van der Waals surface area contributed by atoms with Crippen molar-refractivity contribution in [3.05, 3.63) is 53.6 Å². The normalized spacial score (nSPS) is 22.3. The quantitative estimate of drug-likeness (QED) is 0.194. The Morgan fingerprint density at radius 2 is 1.53 bits per heavy atom. The summed E-state index contributed by atoms with van der Waals surface area (Å²) in [4.78, 5) is 13.6. The molecule has 1 saturated carbocycles. The van der Waals surface area contributed by atoms with Crippen LogP contribution in [0.3, 0.4) is 0 Å². The van der Waals surface area contributed by atoms with Crippen molar-refractivity contribution in [1.82, 2.24) is 9.03 Å². The first-order chi connectivity index (χ1) is 22.5. The Hall–Kier alpha value is -2.22. The highest BCUT2D eigenvalue weighted by atomic mass is 35.5. The number of sulfonamides is 2. The van der Waals surface area contributed by atoms with E-state index >= 15 is 0 Å². The number of carboxylic acid groups (broad SMARTS) is 1. The largest absolute Gasteiger partial charge is 0.481 e. The average Bonchev–Trinajstić information content (AvgIpc) is 3.71. The van der Waals surface area contributed by atoms with E-state index in [0.29, 0.717) is 53.4 Å². The Balaban J connectivity index is 0.900. The van der Waals surface area contributed by atoms with Crippen LogP contribution >= 0.6 is 22.9 Å². The van der Waals surface area contributed by atoms with E-state index in [1.54, 1.807) is 22.5 Å². The smallest absolute Gasteiger partial charge is 0.306 e. The number of piperidine rings is 2. The van der Waals surface area contributed by atoms with Crippen LogP contribution in [0.5, 0.6) is 0 Å². The van der Waals surface area contributed by atoms with Crippen molar-refractivity contribution in [1.29, 1.82) is 0 Å². The zero-order valence-corrected chi connectivity index (χ0v) is 29.7. The van der Waals surface area contributed by atoms with Gasteiger partial charge in [0.05, 0.1) is 21.5 Å². The molecule has 2 saturated heterocycles. The van der Waals surface area contributed by atoms with Crippen LogP contribution < -0.4 is 9.62 Å². The topological polar surface area (TPSA) is 124 Å². The Kier molecular flexibility index (Phi) is 10.8. The van der Waals surface area contributed by atoms with Gasteiger partial charge in [-0.05, 0) is 92.5 Å². The van der Waals surface area contributed by atoms with Gasteiger partial charge in [0, 0.05) is 36.9 Å². The summed E-state index contributed by atoms with van der Waals surface area (Å²) in [6, 6.07) is 14.1. The molecule has 2 aliphatic heterocycles. The number of hydrogen-bond acceptors (Lipinski definition) is 7. The zero-order chi connectivity index (χ0) is 33.2. The van der Waals surface area contributed by atoms with Gasteiger partial charge in [0.15, 0.2) is 0 Å². The molecule has 0 bridgehead atoms. The number of rotatable bonds is 12. The number of fused-ring (bicyclic) bond motifs is 1. The zero-order valence-electron chi connectivity index (χ0n) is 26.5. The number of nitrogens with zero attached hydrogens (tertiary/aromatic N) is 2. The minimum absolute atomic E-state index is 0.100. The predicted octanol–water partition coefficient (Wildman–Crippen LogP) is 6.96. The summed E-state index contributed by atoms with van der Waals surface area (Å²) in [5.41, 5.74) is 0.844. The monoisotopic (exact) mass is 721 g/mol. The number of aliphatic carboxylic acids is 1. The molecule has 256 valence electrons. The van der Waals surface area contributed by atoms with Crippen LogP contribution in [-0.4, -0.2) is 64.4 Å². The van der Waals surface area contributed by atoms with E-state index in [0.717, 1.165) is 61.0 Å². The summed E-state index contributed by atoms with van der Waals surface area (Å²) in [7, 11) is -7.23. The highest BCUT2D eigenvalue weighted by molar-refractivity contribution is 7.91. The number of hydrogen-bond donors (Lipinski definition) is 2. The van der Waals surface area contributed by atoms with E-state index in [9.17, 15) is 26.7 Å². The van der Waals surface area contributed by atoms with Gasteiger partial charge in [0.2, 0.25) is 10.0 Å². The first kappa shape index (κ1) is 34.6. The molecule has 2 unspecified atom stereocenters. The lowest BCUT2D eigenvalue weighted by Gasteiger charge is -2.34. The molecule has 0 amide bonds. The standard InChI is InChI=1S/C34H44ClN3O6S3/c35-30-23-29(46(41,42)36-28-10-9-27(21-28)34(39)40)11-12-31(30)37-17-13-24(14-18-37)5-1-2-6-25-15-19-38(20-16-25)47(43,44)33-22-26-7-3-4-8-32(26)45-33/h3-4,7-8,11-12,22-25,27-28,36H,1-2,5-6,9-10,13-21H2,(H,39,40). The van der Waals surface area contributed by atoms with Crippen molar-refractivity contribution in [3.8, 4) is 0 Å². The van der Waals surface area contributed by atoms with Gasteiger partial charge in [-0.15, -0.1) is 11.3 Å². The summed E-state index contributed by atoms with van der Waals surface area (Å²) >= 11 is 7.95. The van der Waals surface area contributed by atoms with Gasteiger partial charge < -0.3 is 10.0 Å². The maximum absolute atomic E-state index is 13.3. The molecule has 47 heavy (non-hydrogen) atoms. The van der Waals surface area contributed by atoms with Gasteiger partial charge in [-0.1, -0.05) is 55.5 Å². The molecule has 13 heteroatoms. The van der Waals surface area contributed by atoms with Gasteiger partial charge >= 0.3 is 5.97 Å². The van der Waals surface area contributed by atoms with Crippen molar-refractivity contribution in [2.75, 3.05) is 31.1 Å². The van der Waals surface area contributed by atoms with Crippen molar-refractivity contribution in [3.63, 3.8) is 0 Å². The maximum atomic E-state index is 13.3. The van der Waals surface area contributed by atoms with Crippen molar-refractivity contribution >= 4 is 64.7 Å². The predicted molar refractivity (Wildman–Crippen MR) is 187 cm³/mol. The minimum Gasteiger partial charge on any atom is -0.481 e. The van der Waals surface area contributed by atoms with E-state index in [-0.39, 0.29) is 10.9 Å². The molecule has 0 spiro atoms. The molecule has 2 N–H and O–H groups in total. The molecule has 2 atom stereocenters. The summed E-state index contributed by atoms with van der Waals surface area (Å²) in [6.07, 6.45) is 9.95. The highest BCUT2D eigenvalue weighted by Gasteiger charge is 2.33. The van der Waals surface area contributed by atoms with Gasteiger partial charge in [-0.3, -0.25) is 4.79 Å². The third-order valence-electron chi connectivity index (χ3n) is 10.3. The summed E-state index contributed by atoms with van der Waals surface area (Å²) in [6.45, 7) is 2.94. The lowest BCUT2D eigenvalue weighted by Crippen LogP contribution is -2.38. The van der Waals surface area contributed by atoms with Crippen molar-refractivity contribution in [2.24, 2.45) is 17.8 Å². The molecule has 3 aliphatic rings. The Bertz CT molecular complexity index is 1750. The second-order valence-corrected chi connectivity index (χ2v) is 18.8. The fourth-order valence-electron chi connectivity index (χ4n) is 7.49. The number of thiophene rings is 1. The minimum atomic E-state index is -3.79. The Morgan fingerprint density at radius 3 is 2.15 bits per heavy atom. The molecule has 3 fully saturated rings. The van der Waals surface area contributed by atoms with Gasteiger partial charge in [-0.25, -0.2) is 21.6 Å². The van der Waals surface area contributed by atoms with Crippen LogP contribution in [-0.2, 0) is 24.8 Å². The molecule has 3 aromatic rings. The van der Waals surface area contributed by atoms with Crippen LogP contribution in [0.25, 0.3) is 10.1 Å². The van der Waals surface area contributed by atoms with Gasteiger partial charge in [0.25, 0.3) is 10.0 Å². The number of nitrogens with one attached hydrogen (secondary N) is 1. The van der Waals surface area contributed by atoms with E-state index in [1.807, 2.05) is 24.3 Å². The number of carboxylic acids is 1. The molecule has 3 heterocycles. The van der Waals surface area contributed by atoms with Crippen molar-refractivity contribution < 1.29 is 26.7 Å². The van der Waals surface area contributed by atoms with Gasteiger partial charge in [-0.2, -0.15) is 4.31 Å². The summed E-state index contributed by atoms with van der Waals surface area (Å²) in [5.74, 6) is -0.153. The second kappa shape index (κ2) is 14.7. The molecular weight excluding hydrogens is 678 g/mol. The number of benzene rings is 2. The molecular formula is C34H44ClN3O6S3. The maximum Gasteiger partial charge on any atom is 0.306 e. The molecule has 1 aliphatic carbocycles. The van der Waals surface area contributed by atoms with Crippen LogP contribution in [0.1, 0.15) is 70.6 Å². The Morgan fingerprint density at radius 1 is 0.872 bits per heavy atom. The van der Waals surface area contributed by atoms with Crippen LogP contribution in [0, 0.1) is 17.8 Å². The first-order valence-electron chi connectivity index (χ1n) is 16.8. The third kappa shape index (κ3) is 8.16. The van der Waals surface area contributed by atoms with E-state index in [1.165, 1.54) is 36.7 Å². The first-order valence-corrected chi connectivity index (χ1v) is 20.9. The number of unbranched alkanes of at least 4 members (excludes halogenated alkanes) is 1. The molecule has 0 radical (unpaired) electrons. The van der Waals surface area contributed by atoms with Crippen LogP contribution in [0.4, 0.5) is 5.69 Å². The average molecular weight is 722 g/mol. The highest BCUT2D eigenvalue weighted by Crippen LogP contribution is 2.36. The molecule has 6 rings (SSSR count). The third-order valence-corrected chi connectivity index (χ3v) is 15.6. The molecule has 9 nitrogen and oxygen atoms in total. The van der Waals surface area contributed by atoms with Crippen LogP contribution in [0.2, 0.25) is 5.02 Å². The number of carbonyl (C=O) groups is 1. The fourth-order valence-corrected chi connectivity index (χ4v) is 12.2. The lowest BCUT2D eigenvalue weighted by atomic mass is 9.88. The van der Waals surface area contributed by atoms with Crippen LogP contribution in [0.15, 0.2) is 57.6 Å². The van der Waals surface area contributed by atoms with Gasteiger partial charge in [0.1, 0.15) is 4.21 Å². The molecule has 2 aromatic carbocycles. The van der Waals surface area contributed by atoms with Crippen molar-refractivity contribution in [2.45, 2.75) is 85.8 Å². The lowest BCUT2D eigenvalue weighted by molar-refractivity contribution is -0.141. The van der Waals surface area contributed by atoms with E-state index in [2.05, 4.69) is 9.62 Å². The SMILES string of the molecule is O=C(O)C1CCC(NS(=O)(=O)c2ccc(N3CCC(CCCCC4CCN(S(=O)(=O)c5cc6ccccc6s5)CC4)CC3)c(Cl)c2)C1.